The first-order valence-electron chi connectivity index (χ1n) is 4.75. The first-order chi connectivity index (χ1) is 8.15. The molecule has 0 atom stereocenters. The van der Waals surface area contributed by atoms with Crippen molar-refractivity contribution in [2.75, 3.05) is 0 Å². The average Bonchev–Trinajstić information content (AvgIpc) is 2.27. The number of thioether (sulfide) groups is 1. The molecule has 0 spiro atoms. The molecule has 17 heavy (non-hydrogen) atoms. The first-order valence-corrected chi connectivity index (χ1v) is 6.49. The smallest absolute Gasteiger partial charge is 0.216 e. The van der Waals surface area contributed by atoms with E-state index in [0.717, 1.165) is 5.56 Å². The molecule has 6 heteroatoms. The van der Waals surface area contributed by atoms with Crippen molar-refractivity contribution in [3.05, 3.63) is 46.1 Å². The van der Waals surface area contributed by atoms with Crippen molar-refractivity contribution in [3.63, 3.8) is 0 Å². The molecule has 1 aromatic carbocycles. The summed E-state index contributed by atoms with van der Waals surface area (Å²) in [5.74, 6) is 0.492. The molecule has 0 saturated carbocycles. The normalized spacial score (nSPS) is 10.5. The largest absolute Gasteiger partial charge is 0.493 e. The van der Waals surface area contributed by atoms with Gasteiger partial charge < -0.3 is 5.11 Å². The van der Waals surface area contributed by atoms with Crippen LogP contribution < -0.4 is 0 Å². The van der Waals surface area contributed by atoms with E-state index >= 15 is 0 Å². The van der Waals surface area contributed by atoms with E-state index in [4.69, 9.17) is 23.2 Å². The second kappa shape index (κ2) is 5.58. The molecule has 0 saturated heterocycles. The molecule has 0 unspecified atom stereocenters. The Morgan fingerprint density at radius 1 is 1.18 bits per heavy atom. The van der Waals surface area contributed by atoms with Gasteiger partial charge in [0, 0.05) is 16.8 Å². The highest BCUT2D eigenvalue weighted by atomic mass is 35.5. The monoisotopic (exact) mass is 286 g/mol. The Hall–Kier alpha value is -0.970. The summed E-state index contributed by atoms with van der Waals surface area (Å²) >= 11 is 13.1. The molecule has 0 aliphatic carbocycles. The molecular weight excluding hydrogens is 279 g/mol. The molecule has 1 N–H and O–H groups in total. The number of aromatic hydroxyl groups is 1. The van der Waals surface area contributed by atoms with E-state index in [9.17, 15) is 5.11 Å². The fraction of sp³-hybridized carbons (Fsp3) is 0.0909. The molecule has 3 nitrogen and oxygen atoms in total. The topological polar surface area (TPSA) is 46.0 Å². The Morgan fingerprint density at radius 3 is 2.65 bits per heavy atom. The van der Waals surface area contributed by atoms with E-state index in [1.807, 2.05) is 24.3 Å². The van der Waals surface area contributed by atoms with E-state index < -0.39 is 0 Å². The molecule has 0 fully saturated rings. The van der Waals surface area contributed by atoms with Gasteiger partial charge in [0.05, 0.1) is 0 Å². The van der Waals surface area contributed by atoms with Crippen LogP contribution in [0.25, 0.3) is 0 Å². The maximum Gasteiger partial charge on any atom is 0.216 e. The predicted molar refractivity (Wildman–Crippen MR) is 69.7 cm³/mol. The van der Waals surface area contributed by atoms with Crippen LogP contribution in [0.1, 0.15) is 5.56 Å². The van der Waals surface area contributed by atoms with Gasteiger partial charge in [-0.3, -0.25) is 0 Å². The third kappa shape index (κ3) is 3.49. The summed E-state index contributed by atoms with van der Waals surface area (Å²) in [6.45, 7) is 0. The van der Waals surface area contributed by atoms with Crippen molar-refractivity contribution in [1.29, 1.82) is 0 Å². The first kappa shape index (κ1) is 12.5. The van der Waals surface area contributed by atoms with Crippen molar-refractivity contribution >= 4 is 35.0 Å². The molecule has 0 amide bonds. The zero-order chi connectivity index (χ0) is 12.3. The van der Waals surface area contributed by atoms with Crippen molar-refractivity contribution in [1.82, 2.24) is 9.97 Å². The van der Waals surface area contributed by atoms with Crippen LogP contribution in [-0.4, -0.2) is 15.1 Å². The lowest BCUT2D eigenvalue weighted by Gasteiger charge is -2.03. The second-order valence-electron chi connectivity index (χ2n) is 3.21. The minimum Gasteiger partial charge on any atom is -0.493 e. The summed E-state index contributed by atoms with van der Waals surface area (Å²) in [5, 5.41) is 10.6. The highest BCUT2D eigenvalue weighted by Gasteiger charge is 2.05. The highest BCUT2D eigenvalue weighted by molar-refractivity contribution is 7.98. The quantitative estimate of drug-likeness (QED) is 0.530. The number of aromatic nitrogens is 2. The minimum atomic E-state index is -0.133. The van der Waals surface area contributed by atoms with Gasteiger partial charge in [0.25, 0.3) is 0 Å². The Kier molecular flexibility index (Phi) is 4.10. The number of hydrogen-bond acceptors (Lipinski definition) is 4. The van der Waals surface area contributed by atoms with Gasteiger partial charge in [-0.05, 0) is 11.6 Å². The van der Waals surface area contributed by atoms with Crippen LogP contribution in [0.3, 0.4) is 0 Å². The van der Waals surface area contributed by atoms with E-state index in [0.29, 0.717) is 15.9 Å². The lowest BCUT2D eigenvalue weighted by molar-refractivity contribution is 0.445. The number of hydrogen-bond donors (Lipinski definition) is 1. The number of benzene rings is 1. The molecule has 2 aromatic rings. The van der Waals surface area contributed by atoms with E-state index in [1.165, 1.54) is 17.8 Å². The Bertz CT molecular complexity index is 516. The van der Waals surface area contributed by atoms with Gasteiger partial charge in [-0.15, -0.1) is 0 Å². The Balaban J connectivity index is 2.10. The van der Waals surface area contributed by atoms with Crippen LogP contribution in [0.5, 0.6) is 5.88 Å². The SMILES string of the molecule is Oc1cc(Cl)nc(SCc2ccccc2Cl)n1. The minimum absolute atomic E-state index is 0.133. The van der Waals surface area contributed by atoms with Crippen molar-refractivity contribution in [2.24, 2.45) is 0 Å². The number of nitrogens with zero attached hydrogens (tertiary/aromatic N) is 2. The molecule has 2 rings (SSSR count). The van der Waals surface area contributed by atoms with Gasteiger partial charge in [-0.1, -0.05) is 53.2 Å². The molecule has 0 radical (unpaired) electrons. The van der Waals surface area contributed by atoms with Crippen LogP contribution >= 0.6 is 35.0 Å². The Labute approximate surface area is 113 Å². The maximum absolute atomic E-state index is 9.27. The summed E-state index contributed by atoms with van der Waals surface area (Å²) in [6, 6.07) is 8.84. The third-order valence-electron chi connectivity index (χ3n) is 1.98. The lowest BCUT2D eigenvalue weighted by atomic mass is 10.2. The molecule has 1 aromatic heterocycles. The van der Waals surface area contributed by atoms with E-state index in [2.05, 4.69) is 9.97 Å². The van der Waals surface area contributed by atoms with Gasteiger partial charge in [-0.25, -0.2) is 4.98 Å². The molecule has 0 aliphatic rings. The molecule has 88 valence electrons. The standard InChI is InChI=1S/C11H8Cl2N2OS/c12-8-4-2-1-3-7(8)6-17-11-14-9(13)5-10(16)15-11/h1-5H,6H2,(H,14,15,16). The van der Waals surface area contributed by atoms with E-state index in [1.54, 1.807) is 0 Å². The number of rotatable bonds is 3. The highest BCUT2D eigenvalue weighted by Crippen LogP contribution is 2.26. The molecule has 1 heterocycles. The van der Waals surface area contributed by atoms with Crippen molar-refractivity contribution in [2.45, 2.75) is 10.9 Å². The van der Waals surface area contributed by atoms with Crippen LogP contribution in [0.15, 0.2) is 35.5 Å². The molecule has 0 bridgehead atoms. The van der Waals surface area contributed by atoms with Crippen LogP contribution in [0.4, 0.5) is 0 Å². The summed E-state index contributed by atoms with van der Waals surface area (Å²) in [6.07, 6.45) is 0. The molecular formula is C11H8Cl2N2OS. The van der Waals surface area contributed by atoms with Crippen LogP contribution in [0, 0.1) is 0 Å². The maximum atomic E-state index is 9.27. The van der Waals surface area contributed by atoms with Gasteiger partial charge in [0.1, 0.15) is 5.15 Å². The fourth-order valence-electron chi connectivity index (χ4n) is 1.21. The Morgan fingerprint density at radius 2 is 1.94 bits per heavy atom. The third-order valence-corrected chi connectivity index (χ3v) is 3.43. The lowest BCUT2D eigenvalue weighted by Crippen LogP contribution is -1.89. The summed E-state index contributed by atoms with van der Waals surface area (Å²) in [7, 11) is 0. The molecule has 0 aliphatic heterocycles. The van der Waals surface area contributed by atoms with Gasteiger partial charge in [0.15, 0.2) is 5.16 Å². The summed E-state index contributed by atoms with van der Waals surface area (Å²) < 4.78 is 0. The van der Waals surface area contributed by atoms with Gasteiger partial charge in [-0.2, -0.15) is 4.98 Å². The number of halogens is 2. The zero-order valence-electron chi connectivity index (χ0n) is 8.60. The predicted octanol–water partition coefficient (Wildman–Crippen LogP) is 3.78. The zero-order valence-corrected chi connectivity index (χ0v) is 10.9. The van der Waals surface area contributed by atoms with Crippen LogP contribution in [0.2, 0.25) is 10.2 Å². The van der Waals surface area contributed by atoms with Gasteiger partial charge in [0.2, 0.25) is 5.88 Å². The fourth-order valence-corrected chi connectivity index (χ4v) is 2.57. The van der Waals surface area contributed by atoms with Gasteiger partial charge >= 0.3 is 0 Å². The second-order valence-corrected chi connectivity index (χ2v) is 4.95. The van der Waals surface area contributed by atoms with Crippen LogP contribution in [-0.2, 0) is 5.75 Å². The van der Waals surface area contributed by atoms with Crippen molar-refractivity contribution < 1.29 is 5.11 Å². The van der Waals surface area contributed by atoms with E-state index in [-0.39, 0.29) is 11.0 Å². The van der Waals surface area contributed by atoms with Crippen molar-refractivity contribution in [3.8, 4) is 5.88 Å². The average molecular weight is 287 g/mol. The summed E-state index contributed by atoms with van der Waals surface area (Å²) in [4.78, 5) is 7.85. The summed E-state index contributed by atoms with van der Waals surface area (Å²) in [5.41, 5.74) is 0.988.